The lowest BCUT2D eigenvalue weighted by atomic mass is 9.72. The highest BCUT2D eigenvalue weighted by Crippen LogP contribution is 2.53. The Morgan fingerprint density at radius 2 is 2.27 bits per heavy atom. The van der Waals surface area contributed by atoms with Gasteiger partial charge in [0.15, 0.2) is 17.3 Å². The molecular weight excluding hydrogens is 282 g/mol. The molecule has 4 rings (SSSR count). The third-order valence-electron chi connectivity index (χ3n) is 4.71. The smallest absolute Gasteiger partial charge is 0.196 e. The molecule has 0 amide bonds. The molecule has 0 saturated heterocycles. The number of fused-ring (bicyclic) bond motifs is 1. The molecule has 2 N–H and O–H groups in total. The standard InChI is InChI=1S/C17H15NO4/c1-22-11-8-9-4-7-18-14-12(9)13(15(11)20)17(16(14)21)5-2-10(19)3-6-17/h2,4-5,7-8,10,19-20H,3,6H2,1H3. The van der Waals surface area contributed by atoms with Crippen molar-refractivity contribution in [3.63, 3.8) is 0 Å². The number of rotatable bonds is 1. The summed E-state index contributed by atoms with van der Waals surface area (Å²) in [4.78, 5) is 17.2. The lowest BCUT2D eigenvalue weighted by Crippen LogP contribution is -2.34. The molecule has 0 fully saturated rings. The van der Waals surface area contributed by atoms with Crippen molar-refractivity contribution >= 4 is 16.6 Å². The molecule has 22 heavy (non-hydrogen) atoms. The van der Waals surface area contributed by atoms with Crippen LogP contribution in [0.1, 0.15) is 28.9 Å². The highest BCUT2D eigenvalue weighted by atomic mass is 16.5. The van der Waals surface area contributed by atoms with Gasteiger partial charge in [0.25, 0.3) is 0 Å². The number of allylic oxidation sites excluding steroid dienone is 1. The molecule has 2 aliphatic rings. The van der Waals surface area contributed by atoms with Crippen LogP contribution in [-0.4, -0.2) is 34.2 Å². The lowest BCUT2D eigenvalue weighted by molar-refractivity contribution is 0.0890. The zero-order chi connectivity index (χ0) is 15.5. The number of hydrogen-bond acceptors (Lipinski definition) is 5. The number of methoxy groups -OCH3 is 1. The number of hydrogen-bond donors (Lipinski definition) is 2. The number of aromatic nitrogens is 1. The van der Waals surface area contributed by atoms with Crippen molar-refractivity contribution in [1.29, 1.82) is 0 Å². The molecule has 0 radical (unpaired) electrons. The van der Waals surface area contributed by atoms with E-state index in [9.17, 15) is 15.0 Å². The van der Waals surface area contributed by atoms with E-state index in [-0.39, 0.29) is 11.5 Å². The Balaban J connectivity index is 2.13. The topological polar surface area (TPSA) is 79.7 Å². The predicted octanol–water partition coefficient (Wildman–Crippen LogP) is 2.09. The van der Waals surface area contributed by atoms with Gasteiger partial charge in [-0.2, -0.15) is 0 Å². The SMILES string of the molecule is COc1cc2ccnc3c2c(c1O)C1(C=CC(O)CC1)C3=O. The van der Waals surface area contributed by atoms with Crippen molar-refractivity contribution < 1.29 is 19.7 Å². The fraction of sp³-hybridized carbons (Fsp3) is 0.294. The number of ketones is 1. The molecule has 0 saturated carbocycles. The monoisotopic (exact) mass is 297 g/mol. The molecule has 1 aromatic heterocycles. The minimum absolute atomic E-state index is 0.0175. The number of phenolic OH excluding ortho intramolecular Hbond substituents is 1. The highest BCUT2D eigenvalue weighted by molar-refractivity contribution is 6.21. The van der Waals surface area contributed by atoms with Crippen LogP contribution >= 0.6 is 0 Å². The fourth-order valence-electron chi connectivity index (χ4n) is 3.63. The van der Waals surface area contributed by atoms with Crippen LogP contribution in [0.3, 0.4) is 0 Å². The number of Topliss-reactive ketones (excluding diaryl/α,β-unsaturated/α-hetero) is 1. The van der Waals surface area contributed by atoms with E-state index in [1.54, 1.807) is 30.5 Å². The van der Waals surface area contributed by atoms with Crippen molar-refractivity contribution in [2.45, 2.75) is 24.4 Å². The van der Waals surface area contributed by atoms with Gasteiger partial charge in [-0.3, -0.25) is 9.78 Å². The molecule has 1 aromatic carbocycles. The number of aliphatic hydroxyl groups is 1. The van der Waals surface area contributed by atoms with E-state index in [1.807, 2.05) is 0 Å². The average molecular weight is 297 g/mol. The van der Waals surface area contributed by atoms with Gasteiger partial charge in [0, 0.05) is 17.1 Å². The van der Waals surface area contributed by atoms with E-state index in [0.717, 1.165) is 5.39 Å². The number of pyridine rings is 1. The van der Waals surface area contributed by atoms with Gasteiger partial charge in [-0.15, -0.1) is 0 Å². The molecule has 5 nitrogen and oxygen atoms in total. The summed E-state index contributed by atoms with van der Waals surface area (Å²) in [6, 6.07) is 3.52. The first-order valence-electron chi connectivity index (χ1n) is 7.20. The number of aliphatic hydroxyl groups excluding tert-OH is 1. The fourth-order valence-corrected chi connectivity index (χ4v) is 3.63. The number of nitrogens with zero attached hydrogens (tertiary/aromatic N) is 1. The first-order valence-corrected chi connectivity index (χ1v) is 7.20. The molecular formula is C17H15NO4. The van der Waals surface area contributed by atoms with E-state index >= 15 is 0 Å². The zero-order valence-corrected chi connectivity index (χ0v) is 12.0. The van der Waals surface area contributed by atoms with Crippen molar-refractivity contribution in [1.82, 2.24) is 4.98 Å². The number of ether oxygens (including phenoxy) is 1. The summed E-state index contributed by atoms with van der Waals surface area (Å²) in [5, 5.41) is 21.8. The maximum atomic E-state index is 13.0. The minimum Gasteiger partial charge on any atom is -0.504 e. The number of carbonyl (C=O) groups excluding carboxylic acids is 1. The van der Waals surface area contributed by atoms with Crippen molar-refractivity contribution in [3.8, 4) is 11.5 Å². The van der Waals surface area contributed by atoms with Crippen molar-refractivity contribution in [3.05, 3.63) is 41.7 Å². The zero-order valence-electron chi connectivity index (χ0n) is 12.0. The summed E-state index contributed by atoms with van der Waals surface area (Å²) >= 11 is 0. The first-order chi connectivity index (χ1) is 10.6. The maximum absolute atomic E-state index is 13.0. The largest absolute Gasteiger partial charge is 0.504 e. The van der Waals surface area contributed by atoms with Gasteiger partial charge in [0.05, 0.1) is 18.6 Å². The molecule has 0 bridgehead atoms. The maximum Gasteiger partial charge on any atom is 0.196 e. The Labute approximate surface area is 126 Å². The number of carbonyl (C=O) groups is 1. The van der Waals surface area contributed by atoms with Crippen LogP contribution in [0.15, 0.2) is 30.5 Å². The number of aromatic hydroxyl groups is 1. The highest BCUT2D eigenvalue weighted by Gasteiger charge is 2.50. The molecule has 2 unspecified atom stereocenters. The van der Waals surface area contributed by atoms with Crippen molar-refractivity contribution in [2.24, 2.45) is 0 Å². The van der Waals surface area contributed by atoms with E-state index in [4.69, 9.17) is 4.74 Å². The van der Waals surface area contributed by atoms with Gasteiger partial charge in [-0.05, 0) is 30.4 Å². The van der Waals surface area contributed by atoms with Gasteiger partial charge < -0.3 is 14.9 Å². The van der Waals surface area contributed by atoms with Crippen LogP contribution in [0.25, 0.3) is 10.8 Å². The summed E-state index contributed by atoms with van der Waals surface area (Å²) < 4.78 is 5.25. The minimum atomic E-state index is -0.952. The van der Waals surface area contributed by atoms with Crippen LogP contribution in [0, 0.1) is 0 Å². The van der Waals surface area contributed by atoms with Crippen LogP contribution in [0.4, 0.5) is 0 Å². The normalized spacial score (nSPS) is 26.1. The summed E-state index contributed by atoms with van der Waals surface area (Å²) in [5.41, 5.74) is -0.0168. The van der Waals surface area contributed by atoms with Gasteiger partial charge in [0.1, 0.15) is 5.69 Å². The molecule has 2 atom stereocenters. The third kappa shape index (κ3) is 1.46. The molecule has 2 aromatic rings. The van der Waals surface area contributed by atoms with Crippen LogP contribution < -0.4 is 4.74 Å². The Hall–Kier alpha value is -2.40. The van der Waals surface area contributed by atoms with Crippen LogP contribution in [-0.2, 0) is 5.41 Å². The molecule has 2 aliphatic carbocycles. The van der Waals surface area contributed by atoms with Crippen molar-refractivity contribution in [2.75, 3.05) is 7.11 Å². The summed E-state index contributed by atoms with van der Waals surface area (Å²) in [6.07, 6.45) is 5.27. The Bertz CT molecular complexity index is 842. The van der Waals surface area contributed by atoms with E-state index in [1.165, 1.54) is 7.11 Å². The van der Waals surface area contributed by atoms with Gasteiger partial charge in [0.2, 0.25) is 0 Å². The molecule has 5 heteroatoms. The molecule has 112 valence electrons. The quantitative estimate of drug-likeness (QED) is 0.788. The number of phenols is 1. The van der Waals surface area contributed by atoms with Crippen LogP contribution in [0.5, 0.6) is 11.5 Å². The summed E-state index contributed by atoms with van der Waals surface area (Å²) in [7, 11) is 1.49. The van der Waals surface area contributed by atoms with Gasteiger partial charge in [-0.1, -0.05) is 12.2 Å². The lowest BCUT2D eigenvalue weighted by Gasteiger charge is -2.30. The second kappa shape index (κ2) is 4.30. The Morgan fingerprint density at radius 1 is 1.45 bits per heavy atom. The summed E-state index contributed by atoms with van der Waals surface area (Å²) in [5.74, 6) is 0.198. The first kappa shape index (κ1) is 13.3. The molecule has 1 spiro atoms. The van der Waals surface area contributed by atoms with Gasteiger partial charge >= 0.3 is 0 Å². The molecule has 1 heterocycles. The van der Waals surface area contributed by atoms with E-state index in [0.29, 0.717) is 35.2 Å². The predicted molar refractivity (Wildman–Crippen MR) is 80.3 cm³/mol. The second-order valence-corrected chi connectivity index (χ2v) is 5.83. The van der Waals surface area contributed by atoms with Gasteiger partial charge in [-0.25, -0.2) is 0 Å². The Morgan fingerprint density at radius 3 is 2.95 bits per heavy atom. The summed E-state index contributed by atoms with van der Waals surface area (Å²) in [6.45, 7) is 0. The molecule has 0 aliphatic heterocycles. The number of benzene rings is 1. The average Bonchev–Trinajstić information content (AvgIpc) is 2.78. The van der Waals surface area contributed by atoms with E-state index in [2.05, 4.69) is 4.98 Å². The Kier molecular flexibility index (Phi) is 2.60. The second-order valence-electron chi connectivity index (χ2n) is 5.83. The third-order valence-corrected chi connectivity index (χ3v) is 4.71. The van der Waals surface area contributed by atoms with Crippen LogP contribution in [0.2, 0.25) is 0 Å². The van der Waals surface area contributed by atoms with E-state index < -0.39 is 11.5 Å².